The number of hydrogen-bond donors (Lipinski definition) is 0. The van der Waals surface area contributed by atoms with Gasteiger partial charge in [-0.15, -0.1) is 0 Å². The summed E-state index contributed by atoms with van der Waals surface area (Å²) in [5, 5.41) is 3.38. The van der Waals surface area contributed by atoms with E-state index >= 15 is 0 Å². The van der Waals surface area contributed by atoms with Gasteiger partial charge in [0.05, 0.1) is 0 Å². The highest BCUT2D eigenvalue weighted by Crippen LogP contribution is 2.53. The van der Waals surface area contributed by atoms with Gasteiger partial charge in [0, 0.05) is 10.6 Å². The van der Waals surface area contributed by atoms with Crippen molar-refractivity contribution in [2.45, 2.75) is 0 Å². The van der Waals surface area contributed by atoms with Crippen molar-refractivity contribution in [3.8, 4) is 44.5 Å². The zero-order valence-corrected chi connectivity index (χ0v) is 16.4. The molecule has 0 atom stereocenters. The number of benzene rings is 5. The van der Waals surface area contributed by atoms with Gasteiger partial charge in [-0.3, -0.25) is 0 Å². The highest BCUT2D eigenvalue weighted by molar-refractivity contribution is 6.36. The summed E-state index contributed by atoms with van der Waals surface area (Å²) in [4.78, 5) is 0. The molecule has 1 aliphatic rings. The third-order valence-corrected chi connectivity index (χ3v) is 6.22. The van der Waals surface area contributed by atoms with Crippen LogP contribution in [0, 0.1) is 0 Å². The molecule has 0 radical (unpaired) electrons. The first kappa shape index (κ1) is 16.6. The summed E-state index contributed by atoms with van der Waals surface area (Å²) in [5.41, 5.74) is 9.82. The van der Waals surface area contributed by atoms with Crippen molar-refractivity contribution in [1.29, 1.82) is 0 Å². The third kappa shape index (κ3) is 2.46. The van der Waals surface area contributed by atoms with Crippen LogP contribution in [0.25, 0.3) is 55.3 Å². The van der Waals surface area contributed by atoms with Crippen LogP contribution in [-0.2, 0) is 0 Å². The largest absolute Gasteiger partial charge is 0.0836 e. The fourth-order valence-electron chi connectivity index (χ4n) is 4.59. The standard InChI is InChI=1S/C28H17Cl/c29-25-17-16-22(20-14-12-19(13-15-20)18-6-2-1-3-7-18)27-23-10-4-8-21-9-5-11-24(26(21)23)28(25)27/h1-17H. The Hall–Kier alpha value is -3.35. The van der Waals surface area contributed by atoms with Gasteiger partial charge in [-0.25, -0.2) is 0 Å². The van der Waals surface area contributed by atoms with Crippen molar-refractivity contribution in [1.82, 2.24) is 0 Å². The van der Waals surface area contributed by atoms with Crippen molar-refractivity contribution < 1.29 is 0 Å². The second kappa shape index (κ2) is 6.34. The summed E-state index contributed by atoms with van der Waals surface area (Å²) in [6, 6.07) is 36.5. The Labute approximate surface area is 175 Å². The van der Waals surface area contributed by atoms with Crippen LogP contribution in [0.2, 0.25) is 5.02 Å². The minimum atomic E-state index is 0.813. The second-order valence-electron chi connectivity index (χ2n) is 7.50. The van der Waals surface area contributed by atoms with Gasteiger partial charge in [-0.1, -0.05) is 109 Å². The SMILES string of the molecule is Clc1ccc(-c2ccc(-c3ccccc3)cc2)c2c1-c1cccc3cccc-2c13. The number of hydrogen-bond acceptors (Lipinski definition) is 0. The van der Waals surface area contributed by atoms with Gasteiger partial charge >= 0.3 is 0 Å². The Morgan fingerprint density at radius 2 is 1.03 bits per heavy atom. The number of halogens is 1. The molecule has 0 unspecified atom stereocenters. The average Bonchev–Trinajstić information content (AvgIpc) is 3.13. The Kier molecular flexibility index (Phi) is 3.62. The molecule has 0 aromatic heterocycles. The van der Waals surface area contributed by atoms with Crippen LogP contribution >= 0.6 is 11.6 Å². The topological polar surface area (TPSA) is 0 Å². The molecule has 6 rings (SSSR count). The summed E-state index contributed by atoms with van der Waals surface area (Å²) < 4.78 is 0. The molecule has 0 amide bonds. The van der Waals surface area contributed by atoms with Gasteiger partial charge in [0.1, 0.15) is 0 Å². The lowest BCUT2D eigenvalue weighted by Gasteiger charge is -2.13. The molecule has 5 aromatic rings. The summed E-state index contributed by atoms with van der Waals surface area (Å²) in [5.74, 6) is 0. The van der Waals surface area contributed by atoms with Crippen LogP contribution in [0.5, 0.6) is 0 Å². The molecule has 29 heavy (non-hydrogen) atoms. The van der Waals surface area contributed by atoms with Crippen molar-refractivity contribution in [2.24, 2.45) is 0 Å². The maximum absolute atomic E-state index is 6.71. The Morgan fingerprint density at radius 3 is 1.76 bits per heavy atom. The fourth-order valence-corrected chi connectivity index (χ4v) is 4.85. The summed E-state index contributed by atoms with van der Waals surface area (Å²) in [6.07, 6.45) is 0. The molecule has 0 nitrogen and oxygen atoms in total. The normalized spacial score (nSPS) is 11.6. The first-order valence-electron chi connectivity index (χ1n) is 9.82. The first-order valence-corrected chi connectivity index (χ1v) is 10.2. The van der Waals surface area contributed by atoms with Crippen LogP contribution in [0.1, 0.15) is 0 Å². The maximum Gasteiger partial charge on any atom is 0.0491 e. The molecule has 0 saturated carbocycles. The lowest BCUT2D eigenvalue weighted by atomic mass is 9.92. The molecule has 0 fully saturated rings. The summed E-state index contributed by atoms with van der Waals surface area (Å²) >= 11 is 6.71. The van der Waals surface area contributed by atoms with Crippen molar-refractivity contribution in [3.05, 3.63) is 108 Å². The quantitative estimate of drug-likeness (QED) is 0.279. The molecule has 1 aliphatic carbocycles. The molecular weight excluding hydrogens is 372 g/mol. The van der Waals surface area contributed by atoms with Gasteiger partial charge in [-0.05, 0) is 55.8 Å². The highest BCUT2D eigenvalue weighted by Gasteiger charge is 2.26. The minimum Gasteiger partial charge on any atom is -0.0836 e. The van der Waals surface area contributed by atoms with E-state index in [4.69, 9.17) is 11.6 Å². The Bertz CT molecular complexity index is 1370. The van der Waals surface area contributed by atoms with Gasteiger partial charge in [0.15, 0.2) is 0 Å². The molecule has 0 aliphatic heterocycles. The first-order chi connectivity index (χ1) is 14.3. The number of rotatable bonds is 2. The summed E-state index contributed by atoms with van der Waals surface area (Å²) in [6.45, 7) is 0. The van der Waals surface area contributed by atoms with Crippen molar-refractivity contribution >= 4 is 22.4 Å². The third-order valence-electron chi connectivity index (χ3n) is 5.90. The summed E-state index contributed by atoms with van der Waals surface area (Å²) in [7, 11) is 0. The van der Waals surface area contributed by atoms with Gasteiger partial charge in [-0.2, -0.15) is 0 Å². The number of fused-ring (bicyclic) bond motifs is 3. The zero-order chi connectivity index (χ0) is 19.4. The van der Waals surface area contributed by atoms with Crippen molar-refractivity contribution in [3.63, 3.8) is 0 Å². The molecule has 0 heterocycles. The van der Waals surface area contributed by atoms with Crippen LogP contribution in [0.3, 0.4) is 0 Å². The predicted molar refractivity (Wildman–Crippen MR) is 124 cm³/mol. The Balaban J connectivity index is 1.57. The van der Waals surface area contributed by atoms with Crippen LogP contribution in [0.15, 0.2) is 103 Å². The van der Waals surface area contributed by atoms with Crippen molar-refractivity contribution in [2.75, 3.05) is 0 Å². The molecule has 0 N–H and O–H groups in total. The van der Waals surface area contributed by atoms with E-state index in [1.165, 1.54) is 49.7 Å². The Morgan fingerprint density at radius 1 is 0.414 bits per heavy atom. The lowest BCUT2D eigenvalue weighted by Crippen LogP contribution is -1.87. The van der Waals surface area contributed by atoms with Gasteiger partial charge < -0.3 is 0 Å². The highest BCUT2D eigenvalue weighted by atomic mass is 35.5. The minimum absolute atomic E-state index is 0.813. The van der Waals surface area contributed by atoms with E-state index in [-0.39, 0.29) is 0 Å². The molecule has 0 spiro atoms. The fraction of sp³-hybridized carbons (Fsp3) is 0. The average molecular weight is 389 g/mol. The van der Waals surface area contributed by atoms with Crippen LogP contribution in [0.4, 0.5) is 0 Å². The van der Waals surface area contributed by atoms with E-state index in [0.29, 0.717) is 0 Å². The van der Waals surface area contributed by atoms with E-state index in [2.05, 4.69) is 91.0 Å². The van der Waals surface area contributed by atoms with Crippen LogP contribution < -0.4 is 0 Å². The second-order valence-corrected chi connectivity index (χ2v) is 7.90. The smallest absolute Gasteiger partial charge is 0.0491 e. The molecular formula is C28H17Cl. The van der Waals surface area contributed by atoms with Gasteiger partial charge in [0.25, 0.3) is 0 Å². The molecule has 0 saturated heterocycles. The molecule has 136 valence electrons. The predicted octanol–water partition coefficient (Wildman–Crippen LogP) is 8.47. The van der Waals surface area contributed by atoms with Crippen LogP contribution in [-0.4, -0.2) is 0 Å². The van der Waals surface area contributed by atoms with Gasteiger partial charge in [0.2, 0.25) is 0 Å². The van der Waals surface area contributed by atoms with E-state index in [1.54, 1.807) is 0 Å². The van der Waals surface area contributed by atoms with E-state index in [1.807, 2.05) is 12.1 Å². The molecule has 0 bridgehead atoms. The van der Waals surface area contributed by atoms with E-state index in [0.717, 1.165) is 10.6 Å². The zero-order valence-electron chi connectivity index (χ0n) is 15.7. The molecule has 1 heteroatoms. The molecule has 5 aromatic carbocycles. The lowest BCUT2D eigenvalue weighted by molar-refractivity contribution is 1.59. The van der Waals surface area contributed by atoms with E-state index in [9.17, 15) is 0 Å². The van der Waals surface area contributed by atoms with E-state index < -0.39 is 0 Å². The maximum atomic E-state index is 6.71. The monoisotopic (exact) mass is 388 g/mol.